The van der Waals surface area contributed by atoms with E-state index < -0.39 is 0 Å². The van der Waals surface area contributed by atoms with Crippen molar-refractivity contribution in [3.05, 3.63) is 54.1 Å². The highest BCUT2D eigenvalue weighted by Crippen LogP contribution is 2.29. The molecule has 0 spiro atoms. The van der Waals surface area contributed by atoms with E-state index in [9.17, 15) is 4.79 Å². The van der Waals surface area contributed by atoms with Gasteiger partial charge in [-0.2, -0.15) is 0 Å². The summed E-state index contributed by atoms with van der Waals surface area (Å²) in [5.41, 5.74) is 1.42. The Labute approximate surface area is 137 Å². The molecule has 0 fully saturated rings. The average molecular weight is 313 g/mol. The maximum absolute atomic E-state index is 12.7. The Morgan fingerprint density at radius 1 is 1.00 bits per heavy atom. The summed E-state index contributed by atoms with van der Waals surface area (Å²) >= 11 is 0. The van der Waals surface area contributed by atoms with E-state index in [2.05, 4.69) is 0 Å². The summed E-state index contributed by atoms with van der Waals surface area (Å²) in [6, 6.07) is 14.9. The fraction of sp³-hybridized carbons (Fsp3) is 0.316. The van der Waals surface area contributed by atoms with Crippen molar-refractivity contribution in [2.45, 2.75) is 20.3 Å². The lowest BCUT2D eigenvalue weighted by Gasteiger charge is -2.18. The van der Waals surface area contributed by atoms with Gasteiger partial charge in [-0.25, -0.2) is 0 Å². The quantitative estimate of drug-likeness (QED) is 0.771. The fourth-order valence-corrected chi connectivity index (χ4v) is 2.20. The number of hydrogen-bond acceptors (Lipinski definition) is 3. The zero-order valence-corrected chi connectivity index (χ0v) is 13.9. The average Bonchev–Trinajstić information content (AvgIpc) is 2.60. The molecule has 0 aliphatic heterocycles. The van der Waals surface area contributed by atoms with Crippen molar-refractivity contribution in [2.24, 2.45) is 0 Å². The number of benzene rings is 2. The third-order valence-electron chi connectivity index (χ3n) is 3.40. The lowest BCUT2D eigenvalue weighted by molar-refractivity contribution is 0.0992. The second-order valence-electron chi connectivity index (χ2n) is 5.14. The number of hydrogen-bond donors (Lipinski definition) is 0. The predicted octanol–water partition coefficient (Wildman–Crippen LogP) is 4.15. The Balaban J connectivity index is 2.24. The number of para-hydroxylation sites is 1. The maximum atomic E-state index is 12.7. The Hall–Kier alpha value is -2.49. The summed E-state index contributed by atoms with van der Waals surface area (Å²) < 4.78 is 11.3. The molecule has 4 heteroatoms. The van der Waals surface area contributed by atoms with Gasteiger partial charge in [0, 0.05) is 18.3 Å². The number of ether oxygens (including phenoxy) is 2. The van der Waals surface area contributed by atoms with Crippen LogP contribution >= 0.6 is 0 Å². The second kappa shape index (κ2) is 8.22. The Bertz CT molecular complexity index is 640. The van der Waals surface area contributed by atoms with Gasteiger partial charge in [0.15, 0.2) is 11.5 Å². The summed E-state index contributed by atoms with van der Waals surface area (Å²) in [6.07, 6.45) is 0.920. The van der Waals surface area contributed by atoms with Crippen LogP contribution in [-0.2, 0) is 0 Å². The van der Waals surface area contributed by atoms with Crippen molar-refractivity contribution in [3.63, 3.8) is 0 Å². The van der Waals surface area contributed by atoms with Gasteiger partial charge in [-0.1, -0.05) is 25.1 Å². The molecule has 2 aromatic rings. The topological polar surface area (TPSA) is 38.8 Å². The highest BCUT2D eigenvalue weighted by Gasteiger charge is 2.16. The van der Waals surface area contributed by atoms with Gasteiger partial charge in [0.1, 0.15) is 0 Å². The fourth-order valence-electron chi connectivity index (χ4n) is 2.20. The summed E-state index contributed by atoms with van der Waals surface area (Å²) in [5, 5.41) is 0. The molecule has 0 N–H and O–H groups in total. The van der Waals surface area contributed by atoms with Crippen molar-refractivity contribution in [3.8, 4) is 11.5 Å². The Morgan fingerprint density at radius 2 is 1.74 bits per heavy atom. The number of carbonyl (C=O) groups excluding carboxylic acids is 1. The van der Waals surface area contributed by atoms with Crippen molar-refractivity contribution >= 4 is 11.6 Å². The van der Waals surface area contributed by atoms with Gasteiger partial charge >= 0.3 is 0 Å². The van der Waals surface area contributed by atoms with E-state index in [-0.39, 0.29) is 5.91 Å². The number of nitrogens with zero attached hydrogens (tertiary/aromatic N) is 1. The molecule has 2 aromatic carbocycles. The molecule has 0 bridgehead atoms. The van der Waals surface area contributed by atoms with Crippen molar-refractivity contribution in [2.75, 3.05) is 25.2 Å². The van der Waals surface area contributed by atoms with Crippen molar-refractivity contribution in [1.82, 2.24) is 0 Å². The lowest BCUT2D eigenvalue weighted by Crippen LogP contribution is -2.26. The van der Waals surface area contributed by atoms with Crippen LogP contribution < -0.4 is 14.4 Å². The molecule has 0 atom stereocenters. The Kier molecular flexibility index (Phi) is 6.03. The molecule has 0 unspecified atom stereocenters. The van der Waals surface area contributed by atoms with E-state index in [0.29, 0.717) is 30.3 Å². The van der Waals surface area contributed by atoms with E-state index in [0.717, 1.165) is 12.1 Å². The van der Waals surface area contributed by atoms with E-state index in [4.69, 9.17) is 9.47 Å². The van der Waals surface area contributed by atoms with Crippen LogP contribution in [-0.4, -0.2) is 26.2 Å². The van der Waals surface area contributed by atoms with E-state index >= 15 is 0 Å². The number of carbonyl (C=O) groups is 1. The molecular formula is C19H23NO3. The predicted molar refractivity (Wildman–Crippen MR) is 92.6 cm³/mol. The van der Waals surface area contributed by atoms with Crippen molar-refractivity contribution in [1.29, 1.82) is 0 Å². The van der Waals surface area contributed by atoms with Crippen LogP contribution in [0.15, 0.2) is 48.5 Å². The SMILES string of the molecule is CCCOc1ccc(C(=O)N(C)c2ccccc2)cc1OCC. The molecule has 0 radical (unpaired) electrons. The van der Waals surface area contributed by atoms with Gasteiger partial charge in [-0.15, -0.1) is 0 Å². The summed E-state index contributed by atoms with van der Waals surface area (Å²) in [5.74, 6) is 1.19. The van der Waals surface area contributed by atoms with Gasteiger partial charge in [0.2, 0.25) is 0 Å². The number of amides is 1. The minimum atomic E-state index is -0.0841. The standard InChI is InChI=1S/C19H23NO3/c1-4-13-23-17-12-11-15(14-18(17)22-5-2)19(21)20(3)16-9-7-6-8-10-16/h6-12,14H,4-5,13H2,1-3H3. The van der Waals surface area contributed by atoms with E-state index in [1.54, 1.807) is 30.1 Å². The van der Waals surface area contributed by atoms with E-state index in [1.165, 1.54) is 0 Å². The molecule has 0 aliphatic carbocycles. The van der Waals surface area contributed by atoms with Crippen LogP contribution in [0.2, 0.25) is 0 Å². The van der Waals surface area contributed by atoms with Crippen LogP contribution in [0.1, 0.15) is 30.6 Å². The maximum Gasteiger partial charge on any atom is 0.258 e. The molecule has 0 aromatic heterocycles. The van der Waals surface area contributed by atoms with Crippen LogP contribution in [0.4, 0.5) is 5.69 Å². The van der Waals surface area contributed by atoms with Gasteiger partial charge in [0.25, 0.3) is 5.91 Å². The van der Waals surface area contributed by atoms with Gasteiger partial charge in [0.05, 0.1) is 13.2 Å². The summed E-state index contributed by atoms with van der Waals surface area (Å²) in [7, 11) is 1.76. The molecule has 4 nitrogen and oxygen atoms in total. The normalized spacial score (nSPS) is 10.2. The molecule has 0 aliphatic rings. The first kappa shape index (κ1) is 16.9. The summed E-state index contributed by atoms with van der Waals surface area (Å²) in [6.45, 7) is 5.10. The van der Waals surface area contributed by atoms with E-state index in [1.807, 2.05) is 44.2 Å². The minimum Gasteiger partial charge on any atom is -0.490 e. The lowest BCUT2D eigenvalue weighted by atomic mass is 10.1. The first-order valence-electron chi connectivity index (χ1n) is 7.90. The number of anilines is 1. The zero-order valence-electron chi connectivity index (χ0n) is 13.9. The van der Waals surface area contributed by atoms with Gasteiger partial charge < -0.3 is 14.4 Å². The second-order valence-corrected chi connectivity index (χ2v) is 5.14. The van der Waals surface area contributed by atoms with Crippen LogP contribution in [0.25, 0.3) is 0 Å². The first-order chi connectivity index (χ1) is 11.2. The van der Waals surface area contributed by atoms with Crippen molar-refractivity contribution < 1.29 is 14.3 Å². The highest BCUT2D eigenvalue weighted by atomic mass is 16.5. The molecule has 23 heavy (non-hydrogen) atoms. The monoisotopic (exact) mass is 313 g/mol. The molecule has 0 heterocycles. The molecule has 1 amide bonds. The smallest absolute Gasteiger partial charge is 0.258 e. The largest absolute Gasteiger partial charge is 0.490 e. The van der Waals surface area contributed by atoms with Crippen LogP contribution in [0.3, 0.4) is 0 Å². The molecule has 2 rings (SSSR count). The van der Waals surface area contributed by atoms with Gasteiger partial charge in [-0.3, -0.25) is 4.79 Å². The minimum absolute atomic E-state index is 0.0841. The van der Waals surface area contributed by atoms with Gasteiger partial charge in [-0.05, 0) is 43.7 Å². The third-order valence-corrected chi connectivity index (χ3v) is 3.40. The number of rotatable bonds is 7. The first-order valence-corrected chi connectivity index (χ1v) is 7.90. The molecule has 0 saturated carbocycles. The van der Waals surface area contributed by atoms with Crippen LogP contribution in [0, 0.1) is 0 Å². The summed E-state index contributed by atoms with van der Waals surface area (Å²) in [4.78, 5) is 14.3. The van der Waals surface area contributed by atoms with Crippen LogP contribution in [0.5, 0.6) is 11.5 Å². The Morgan fingerprint density at radius 3 is 2.39 bits per heavy atom. The molecule has 0 saturated heterocycles. The highest BCUT2D eigenvalue weighted by molar-refractivity contribution is 6.06. The zero-order chi connectivity index (χ0) is 16.7. The third kappa shape index (κ3) is 4.25. The molecular weight excluding hydrogens is 290 g/mol. The molecule has 122 valence electrons.